The van der Waals surface area contributed by atoms with Crippen LogP contribution in [0.25, 0.3) is 6.08 Å². The first-order valence-electron chi connectivity index (χ1n) is 11.2. The number of benzene rings is 2. The normalized spacial score (nSPS) is 12.8. The topological polar surface area (TPSA) is 84.4 Å². The second kappa shape index (κ2) is 10.6. The number of aliphatic carboxylic acids is 1. The number of nitrogens with zero attached hydrogens (tertiary/aromatic N) is 1. The lowest BCUT2D eigenvalue weighted by atomic mass is 10.0. The zero-order chi connectivity index (χ0) is 23.2. The van der Waals surface area contributed by atoms with Crippen molar-refractivity contribution in [3.8, 4) is 11.5 Å². The van der Waals surface area contributed by atoms with E-state index in [4.69, 9.17) is 26.1 Å². The van der Waals surface area contributed by atoms with Gasteiger partial charge in [-0.25, -0.2) is 9.78 Å². The molecule has 0 atom stereocenters. The van der Waals surface area contributed by atoms with Gasteiger partial charge in [0.25, 0.3) is 0 Å². The minimum atomic E-state index is -0.963. The number of unbranched alkanes of at least 4 members (excludes halogenated alkanes) is 1. The second-order valence-electron chi connectivity index (χ2n) is 8.08. The summed E-state index contributed by atoms with van der Waals surface area (Å²) in [4.78, 5) is 20.2. The third-order valence-corrected chi connectivity index (χ3v) is 6.01. The summed E-state index contributed by atoms with van der Waals surface area (Å²) in [5, 5.41) is 10.6. The van der Waals surface area contributed by atoms with Gasteiger partial charge in [0.1, 0.15) is 5.82 Å². The van der Waals surface area contributed by atoms with Gasteiger partial charge in [0.2, 0.25) is 6.79 Å². The number of imidazole rings is 1. The highest BCUT2D eigenvalue weighted by Gasteiger charge is 2.17. The number of carbonyl (C=O) groups is 1. The molecule has 1 aromatic heterocycles. The molecule has 1 aliphatic rings. The van der Waals surface area contributed by atoms with Crippen LogP contribution in [0.15, 0.2) is 48.0 Å². The Hall–Kier alpha value is -3.25. The maximum Gasteiger partial charge on any atom is 0.331 e. The van der Waals surface area contributed by atoms with E-state index in [1.807, 2.05) is 42.5 Å². The average Bonchev–Trinajstić information content (AvgIpc) is 3.43. The summed E-state index contributed by atoms with van der Waals surface area (Å²) < 4.78 is 10.8. The fourth-order valence-electron chi connectivity index (χ4n) is 3.84. The van der Waals surface area contributed by atoms with Crippen molar-refractivity contribution in [1.29, 1.82) is 0 Å². The van der Waals surface area contributed by atoms with Crippen LogP contribution in [0.3, 0.4) is 0 Å². The van der Waals surface area contributed by atoms with Gasteiger partial charge in [0.15, 0.2) is 11.5 Å². The highest BCUT2D eigenvalue weighted by molar-refractivity contribution is 6.31. The first kappa shape index (κ1) is 22.9. The number of fused-ring (bicyclic) bond motifs is 1. The van der Waals surface area contributed by atoms with Crippen LogP contribution >= 0.6 is 11.6 Å². The van der Waals surface area contributed by atoms with Gasteiger partial charge < -0.3 is 19.6 Å². The number of halogens is 1. The van der Waals surface area contributed by atoms with Gasteiger partial charge in [-0.15, -0.1) is 0 Å². The van der Waals surface area contributed by atoms with Crippen molar-refractivity contribution in [3.63, 3.8) is 0 Å². The summed E-state index contributed by atoms with van der Waals surface area (Å²) in [6, 6.07) is 13.3. The first-order valence-corrected chi connectivity index (χ1v) is 11.5. The molecule has 3 aromatic rings. The number of nitrogens with one attached hydrogen (secondary N) is 1. The van der Waals surface area contributed by atoms with Crippen molar-refractivity contribution in [2.75, 3.05) is 6.79 Å². The number of hydrogen-bond donors (Lipinski definition) is 2. The van der Waals surface area contributed by atoms with Crippen LogP contribution in [0.4, 0.5) is 0 Å². The summed E-state index contributed by atoms with van der Waals surface area (Å²) in [5.74, 6) is 1.23. The molecule has 2 heterocycles. The van der Waals surface area contributed by atoms with Gasteiger partial charge in [0, 0.05) is 23.4 Å². The smallest absolute Gasteiger partial charge is 0.331 e. The lowest BCUT2D eigenvalue weighted by Gasteiger charge is -2.06. The van der Waals surface area contributed by atoms with Crippen molar-refractivity contribution >= 4 is 23.6 Å². The zero-order valence-electron chi connectivity index (χ0n) is 18.6. The molecule has 0 amide bonds. The van der Waals surface area contributed by atoms with Crippen LogP contribution in [0, 0.1) is 0 Å². The lowest BCUT2D eigenvalue weighted by Crippen LogP contribution is -2.05. The molecule has 0 unspecified atom stereocenters. The molecule has 172 valence electrons. The molecule has 33 heavy (non-hydrogen) atoms. The summed E-state index contributed by atoms with van der Waals surface area (Å²) in [6.07, 6.45) is 6.26. The average molecular weight is 467 g/mol. The van der Waals surface area contributed by atoms with Crippen LogP contribution in [0.5, 0.6) is 11.5 Å². The van der Waals surface area contributed by atoms with Crippen LogP contribution < -0.4 is 9.47 Å². The molecule has 1 aliphatic heterocycles. The number of hydrogen-bond acceptors (Lipinski definition) is 4. The molecular weight excluding hydrogens is 440 g/mol. The van der Waals surface area contributed by atoms with Crippen molar-refractivity contribution in [1.82, 2.24) is 9.97 Å². The molecule has 0 saturated carbocycles. The van der Waals surface area contributed by atoms with Crippen LogP contribution in [0.2, 0.25) is 5.02 Å². The summed E-state index contributed by atoms with van der Waals surface area (Å²) in [6.45, 7) is 2.32. The first-order chi connectivity index (χ1) is 16.0. The zero-order valence-corrected chi connectivity index (χ0v) is 19.3. The van der Waals surface area contributed by atoms with E-state index in [0.29, 0.717) is 17.9 Å². The quantitative estimate of drug-likeness (QED) is 0.378. The molecular formula is C26H27ClN2O4. The number of aryl methyl sites for hydroxylation is 3. The molecule has 0 radical (unpaired) electrons. The molecule has 0 spiro atoms. The number of rotatable bonds is 10. The van der Waals surface area contributed by atoms with E-state index in [2.05, 4.69) is 11.9 Å². The number of aromatic amines is 1. The number of aromatic nitrogens is 2. The highest BCUT2D eigenvalue weighted by Crippen LogP contribution is 2.33. The van der Waals surface area contributed by atoms with E-state index in [0.717, 1.165) is 59.0 Å². The number of carboxylic acid groups (broad SMARTS) is 1. The molecule has 2 aromatic carbocycles. The molecule has 2 N–H and O–H groups in total. The van der Waals surface area contributed by atoms with Gasteiger partial charge >= 0.3 is 5.97 Å². The van der Waals surface area contributed by atoms with E-state index in [-0.39, 0.29) is 18.8 Å². The van der Waals surface area contributed by atoms with E-state index < -0.39 is 5.97 Å². The number of ether oxygens (including phenoxy) is 2. The van der Waals surface area contributed by atoms with E-state index in [1.165, 1.54) is 0 Å². The Morgan fingerprint density at radius 2 is 1.97 bits per heavy atom. The van der Waals surface area contributed by atoms with Gasteiger partial charge in [-0.1, -0.05) is 49.2 Å². The van der Waals surface area contributed by atoms with Crippen LogP contribution in [-0.2, 0) is 30.5 Å². The Morgan fingerprint density at radius 1 is 1.15 bits per heavy atom. The van der Waals surface area contributed by atoms with Gasteiger partial charge in [-0.05, 0) is 54.7 Å². The van der Waals surface area contributed by atoms with Crippen molar-refractivity contribution in [2.24, 2.45) is 0 Å². The Kier molecular flexibility index (Phi) is 7.35. The summed E-state index contributed by atoms with van der Waals surface area (Å²) in [5.41, 5.74) is 3.76. The van der Waals surface area contributed by atoms with E-state index >= 15 is 0 Å². The molecule has 4 rings (SSSR count). The van der Waals surface area contributed by atoms with Gasteiger partial charge in [-0.3, -0.25) is 0 Å². The van der Waals surface area contributed by atoms with E-state index in [1.54, 1.807) is 6.08 Å². The van der Waals surface area contributed by atoms with Crippen molar-refractivity contribution < 1.29 is 19.4 Å². The molecule has 6 nitrogen and oxygen atoms in total. The van der Waals surface area contributed by atoms with Crippen LogP contribution in [0.1, 0.15) is 48.1 Å². The van der Waals surface area contributed by atoms with Crippen LogP contribution in [-0.4, -0.2) is 27.8 Å². The monoisotopic (exact) mass is 466 g/mol. The maximum absolute atomic E-state index is 12.1. The lowest BCUT2D eigenvalue weighted by molar-refractivity contribution is -0.132. The minimum absolute atomic E-state index is 0.184. The standard InChI is InChI=1S/C26H27ClN2O4/c1-2-3-8-25-28-21(11-10-18-6-4-5-7-20(18)27)22(29-25)15-19(26(30)31)13-17-9-12-23-24(14-17)33-16-32-23/h4-7,9,12,14-15H,2-3,8,10-11,13,16H2,1H3,(H,28,29)(H,30,31)/b19-15+. The van der Waals surface area contributed by atoms with E-state index in [9.17, 15) is 9.90 Å². The highest BCUT2D eigenvalue weighted by atomic mass is 35.5. The predicted molar refractivity (Wildman–Crippen MR) is 128 cm³/mol. The fourth-order valence-corrected chi connectivity index (χ4v) is 4.07. The third kappa shape index (κ3) is 5.76. The fraction of sp³-hybridized carbons (Fsp3) is 0.308. The Labute approximate surface area is 198 Å². The maximum atomic E-state index is 12.1. The van der Waals surface area contributed by atoms with Gasteiger partial charge in [0.05, 0.1) is 11.4 Å². The molecule has 7 heteroatoms. The minimum Gasteiger partial charge on any atom is -0.478 e. The predicted octanol–water partition coefficient (Wildman–Crippen LogP) is 5.63. The molecule has 0 fully saturated rings. The molecule has 0 bridgehead atoms. The Morgan fingerprint density at radius 3 is 2.76 bits per heavy atom. The second-order valence-corrected chi connectivity index (χ2v) is 8.49. The molecule has 0 saturated heterocycles. The Balaban J connectivity index is 1.60. The van der Waals surface area contributed by atoms with Gasteiger partial charge in [-0.2, -0.15) is 0 Å². The third-order valence-electron chi connectivity index (χ3n) is 5.64. The summed E-state index contributed by atoms with van der Waals surface area (Å²) >= 11 is 6.32. The molecule has 0 aliphatic carbocycles. The summed E-state index contributed by atoms with van der Waals surface area (Å²) in [7, 11) is 0. The Bertz CT molecular complexity index is 1170. The van der Waals surface area contributed by atoms with Crippen molar-refractivity contribution in [2.45, 2.75) is 45.4 Å². The number of carboxylic acids is 1. The number of H-pyrrole nitrogens is 1. The SMILES string of the molecule is CCCCc1nc(CCc2ccccc2Cl)c(/C=C(\Cc2ccc3c(c2)OCO3)C(=O)O)[nH]1. The largest absolute Gasteiger partial charge is 0.478 e. The van der Waals surface area contributed by atoms with Crippen molar-refractivity contribution in [3.05, 3.63) is 81.4 Å².